The fourth-order valence-corrected chi connectivity index (χ4v) is 1.23. The predicted octanol–water partition coefficient (Wildman–Crippen LogP) is 0.0382. The van der Waals surface area contributed by atoms with Gasteiger partial charge in [-0.25, -0.2) is 27.2 Å². The van der Waals surface area contributed by atoms with Gasteiger partial charge in [0.05, 0.1) is 5.46 Å². The van der Waals surface area contributed by atoms with Gasteiger partial charge in [-0.3, -0.25) is 0 Å². The van der Waals surface area contributed by atoms with Gasteiger partial charge < -0.3 is 9.31 Å². The van der Waals surface area contributed by atoms with Crippen LogP contribution in [0.15, 0.2) is 6.07 Å². The number of carbonyl (C=O) groups is 2. The minimum Gasteiger partial charge on any atom is -0.487 e. The first kappa shape index (κ1) is 11.4. The fraction of sp³-hybridized carbons (Fsp3) is 0. The zero-order valence-corrected chi connectivity index (χ0v) is 7.80. The average Bonchev–Trinajstić information content (AvgIpc) is 2.56. The van der Waals surface area contributed by atoms with E-state index in [-0.39, 0.29) is 6.07 Å². The molecular formula is C8HBF4O4. The molecular weight excluding hydrogens is 247 g/mol. The molecule has 1 aliphatic rings. The highest BCUT2D eigenvalue weighted by molar-refractivity contribution is 6.71. The van der Waals surface area contributed by atoms with Crippen LogP contribution in [0.2, 0.25) is 0 Å². The summed E-state index contributed by atoms with van der Waals surface area (Å²) >= 11 is 0. The fourth-order valence-electron chi connectivity index (χ4n) is 1.23. The lowest BCUT2D eigenvalue weighted by Crippen LogP contribution is -2.38. The summed E-state index contributed by atoms with van der Waals surface area (Å²) in [5, 5.41) is 0. The molecule has 0 radical (unpaired) electrons. The molecule has 0 aromatic heterocycles. The molecule has 0 N–H and O–H groups in total. The normalized spacial score (nSPS) is 14.9. The first-order valence-corrected chi connectivity index (χ1v) is 4.16. The van der Waals surface area contributed by atoms with E-state index in [0.29, 0.717) is 0 Å². The molecule has 0 atom stereocenters. The van der Waals surface area contributed by atoms with Crippen LogP contribution in [0.4, 0.5) is 17.6 Å². The Balaban J connectivity index is 2.50. The Bertz CT molecular complexity index is 517. The van der Waals surface area contributed by atoms with Crippen molar-refractivity contribution in [2.45, 2.75) is 0 Å². The standard InChI is InChI=1S/C8HBF4O4/c10-2-1-3(11)5(12)6(13)4(2)9-16-7(14)8(15)17-9/h1H. The Hall–Kier alpha value is -2.06. The summed E-state index contributed by atoms with van der Waals surface area (Å²) in [6, 6.07) is 0.0493. The molecule has 2 rings (SSSR count). The SMILES string of the molecule is O=C1OB(c2c(F)cc(F)c(F)c2F)OC1=O. The van der Waals surface area contributed by atoms with E-state index in [1.807, 2.05) is 0 Å². The quantitative estimate of drug-likeness (QED) is 0.231. The highest BCUT2D eigenvalue weighted by Gasteiger charge is 2.46. The van der Waals surface area contributed by atoms with Crippen LogP contribution in [0, 0.1) is 23.3 Å². The van der Waals surface area contributed by atoms with E-state index >= 15 is 0 Å². The third kappa shape index (κ3) is 1.73. The molecule has 0 aliphatic carbocycles. The van der Waals surface area contributed by atoms with E-state index in [1.165, 1.54) is 0 Å². The first-order valence-electron chi connectivity index (χ1n) is 4.16. The van der Waals surface area contributed by atoms with Crippen molar-refractivity contribution in [2.24, 2.45) is 0 Å². The van der Waals surface area contributed by atoms with Crippen LogP contribution in [0.25, 0.3) is 0 Å². The molecule has 9 heteroatoms. The zero-order chi connectivity index (χ0) is 12.7. The molecule has 0 unspecified atom stereocenters. The summed E-state index contributed by atoms with van der Waals surface area (Å²) in [6.07, 6.45) is 0. The summed E-state index contributed by atoms with van der Waals surface area (Å²) in [5.41, 5.74) is -1.18. The van der Waals surface area contributed by atoms with E-state index in [2.05, 4.69) is 9.31 Å². The number of hydrogen-bond donors (Lipinski definition) is 0. The van der Waals surface area contributed by atoms with E-state index in [9.17, 15) is 27.2 Å². The summed E-state index contributed by atoms with van der Waals surface area (Å²) in [7, 11) is -2.05. The van der Waals surface area contributed by atoms with Gasteiger partial charge in [-0.1, -0.05) is 0 Å². The van der Waals surface area contributed by atoms with Crippen LogP contribution >= 0.6 is 0 Å². The van der Waals surface area contributed by atoms with Crippen molar-refractivity contribution in [1.29, 1.82) is 0 Å². The van der Waals surface area contributed by atoms with Crippen molar-refractivity contribution in [3.05, 3.63) is 29.3 Å². The molecule has 17 heavy (non-hydrogen) atoms. The predicted molar refractivity (Wildman–Crippen MR) is 43.8 cm³/mol. The largest absolute Gasteiger partial charge is 0.643 e. The van der Waals surface area contributed by atoms with Crippen molar-refractivity contribution < 1.29 is 36.5 Å². The van der Waals surface area contributed by atoms with E-state index in [1.54, 1.807) is 0 Å². The van der Waals surface area contributed by atoms with Gasteiger partial charge in [0.1, 0.15) is 5.82 Å². The van der Waals surface area contributed by atoms with Gasteiger partial charge in [-0.05, 0) is 0 Å². The van der Waals surface area contributed by atoms with Crippen LogP contribution in [-0.4, -0.2) is 19.1 Å². The van der Waals surface area contributed by atoms with Gasteiger partial charge in [0.15, 0.2) is 17.5 Å². The Morgan fingerprint density at radius 2 is 1.41 bits per heavy atom. The lowest BCUT2D eigenvalue weighted by molar-refractivity contribution is -0.150. The van der Waals surface area contributed by atoms with Crippen LogP contribution in [-0.2, 0) is 18.9 Å². The number of benzene rings is 1. The third-order valence-corrected chi connectivity index (χ3v) is 1.98. The van der Waals surface area contributed by atoms with Gasteiger partial charge in [0.25, 0.3) is 0 Å². The van der Waals surface area contributed by atoms with Crippen LogP contribution in [0.3, 0.4) is 0 Å². The average molecular weight is 248 g/mol. The molecule has 0 spiro atoms. The van der Waals surface area contributed by atoms with E-state index < -0.39 is 47.8 Å². The molecule has 4 nitrogen and oxygen atoms in total. The van der Waals surface area contributed by atoms with E-state index in [0.717, 1.165) is 0 Å². The van der Waals surface area contributed by atoms with Gasteiger partial charge in [-0.15, -0.1) is 0 Å². The van der Waals surface area contributed by atoms with E-state index in [4.69, 9.17) is 0 Å². The zero-order valence-electron chi connectivity index (χ0n) is 7.80. The summed E-state index contributed by atoms with van der Waals surface area (Å²) in [6.45, 7) is 0. The Kier molecular flexibility index (Phi) is 2.53. The molecule has 1 heterocycles. The van der Waals surface area contributed by atoms with Crippen LogP contribution in [0.5, 0.6) is 0 Å². The maximum absolute atomic E-state index is 13.2. The molecule has 1 aromatic carbocycles. The minimum absolute atomic E-state index is 0.0493. The maximum Gasteiger partial charge on any atom is 0.643 e. The topological polar surface area (TPSA) is 52.6 Å². The highest BCUT2D eigenvalue weighted by Crippen LogP contribution is 2.14. The number of rotatable bonds is 1. The van der Waals surface area contributed by atoms with Crippen molar-refractivity contribution in [3.63, 3.8) is 0 Å². The molecule has 0 amide bonds. The van der Waals surface area contributed by atoms with Gasteiger partial charge in [-0.2, -0.15) is 0 Å². The maximum atomic E-state index is 13.2. The summed E-state index contributed by atoms with van der Waals surface area (Å²) in [5.74, 6) is -10.1. The smallest absolute Gasteiger partial charge is 0.487 e. The first-order chi connectivity index (χ1) is 7.91. The van der Waals surface area contributed by atoms with Gasteiger partial charge in [0.2, 0.25) is 0 Å². The molecule has 1 aliphatic heterocycles. The number of carbonyl (C=O) groups excluding carboxylic acids is 2. The molecule has 1 fully saturated rings. The number of hydrogen-bond acceptors (Lipinski definition) is 4. The Morgan fingerprint density at radius 3 is 1.94 bits per heavy atom. The third-order valence-electron chi connectivity index (χ3n) is 1.98. The monoisotopic (exact) mass is 248 g/mol. The Morgan fingerprint density at radius 1 is 0.882 bits per heavy atom. The minimum atomic E-state index is -2.05. The van der Waals surface area contributed by atoms with Crippen molar-refractivity contribution in [1.82, 2.24) is 0 Å². The van der Waals surface area contributed by atoms with Crippen molar-refractivity contribution in [3.8, 4) is 0 Å². The van der Waals surface area contributed by atoms with Gasteiger partial charge >= 0.3 is 19.1 Å². The van der Waals surface area contributed by atoms with Crippen LogP contribution < -0.4 is 5.46 Å². The Labute approximate surface area is 91.3 Å². The lowest BCUT2D eigenvalue weighted by Gasteiger charge is -2.06. The lowest BCUT2D eigenvalue weighted by atomic mass is 9.78. The second-order valence-corrected chi connectivity index (χ2v) is 3.02. The summed E-state index contributed by atoms with van der Waals surface area (Å²) < 4.78 is 60.0. The van der Waals surface area contributed by atoms with Crippen LogP contribution in [0.1, 0.15) is 0 Å². The van der Waals surface area contributed by atoms with Crippen molar-refractivity contribution >= 4 is 24.5 Å². The number of halogens is 4. The second kappa shape index (κ2) is 3.76. The molecule has 1 saturated heterocycles. The van der Waals surface area contributed by atoms with Gasteiger partial charge in [0, 0.05) is 6.07 Å². The summed E-state index contributed by atoms with van der Waals surface area (Å²) in [4.78, 5) is 21.2. The second-order valence-electron chi connectivity index (χ2n) is 3.02. The molecule has 1 aromatic rings. The van der Waals surface area contributed by atoms with Crippen molar-refractivity contribution in [2.75, 3.05) is 0 Å². The molecule has 88 valence electrons. The molecule has 0 bridgehead atoms. The molecule has 0 saturated carbocycles. The highest BCUT2D eigenvalue weighted by atomic mass is 19.2.